The largest absolute Gasteiger partial charge is 0.130 e. The first-order chi connectivity index (χ1) is 4.47. The first-order valence-electron chi connectivity index (χ1n) is 3.80. The van der Waals surface area contributed by atoms with Gasteiger partial charge in [0.25, 0.3) is 0 Å². The minimum atomic E-state index is 1.38. The van der Waals surface area contributed by atoms with E-state index >= 15 is 0 Å². The Morgan fingerprint density at radius 3 is 2.78 bits per heavy atom. The Kier molecular flexibility index (Phi) is 1.54. The van der Waals surface area contributed by atoms with Crippen LogP contribution in [0.2, 0.25) is 0 Å². The van der Waals surface area contributed by atoms with Crippen molar-refractivity contribution in [3.63, 3.8) is 0 Å². The first kappa shape index (κ1) is 5.84. The highest BCUT2D eigenvalue weighted by molar-refractivity contribution is 8.03. The van der Waals surface area contributed by atoms with Gasteiger partial charge in [0.15, 0.2) is 0 Å². The molecule has 0 saturated carbocycles. The van der Waals surface area contributed by atoms with Gasteiger partial charge in [0.05, 0.1) is 0 Å². The zero-order chi connectivity index (χ0) is 6.10. The summed E-state index contributed by atoms with van der Waals surface area (Å²) in [6, 6.07) is 0. The third-order valence-corrected chi connectivity index (χ3v) is 3.46. The number of allylic oxidation sites excluding steroid dienone is 2. The highest BCUT2D eigenvalue weighted by Gasteiger charge is 2.17. The lowest BCUT2D eigenvalue weighted by molar-refractivity contribution is 0.685. The minimum absolute atomic E-state index is 1.38. The molecular formula is C8H12S. The van der Waals surface area contributed by atoms with Crippen LogP contribution in [0.1, 0.15) is 32.1 Å². The van der Waals surface area contributed by atoms with Gasteiger partial charge in [0.2, 0.25) is 0 Å². The van der Waals surface area contributed by atoms with Crippen molar-refractivity contribution in [3.8, 4) is 0 Å². The van der Waals surface area contributed by atoms with E-state index in [0.29, 0.717) is 0 Å². The summed E-state index contributed by atoms with van der Waals surface area (Å²) in [4.78, 5) is 1.75. The first-order valence-corrected chi connectivity index (χ1v) is 4.79. The van der Waals surface area contributed by atoms with Crippen LogP contribution >= 0.6 is 11.8 Å². The van der Waals surface area contributed by atoms with Crippen molar-refractivity contribution in [1.29, 1.82) is 0 Å². The van der Waals surface area contributed by atoms with Crippen LogP contribution < -0.4 is 0 Å². The van der Waals surface area contributed by atoms with Gasteiger partial charge in [0, 0.05) is 5.75 Å². The molecule has 1 aliphatic heterocycles. The number of hydrogen-bond acceptors (Lipinski definition) is 1. The van der Waals surface area contributed by atoms with Crippen molar-refractivity contribution in [1.82, 2.24) is 0 Å². The average Bonchev–Trinajstić information content (AvgIpc) is 2.33. The molecule has 50 valence electrons. The van der Waals surface area contributed by atoms with E-state index in [4.69, 9.17) is 0 Å². The molecule has 0 fully saturated rings. The second kappa shape index (κ2) is 2.37. The summed E-state index contributed by atoms with van der Waals surface area (Å²) in [6.07, 6.45) is 7.13. The molecule has 1 heteroatoms. The SMILES string of the molecule is C1CCC2=C(C1)CCS2. The maximum atomic E-state index is 2.11. The van der Waals surface area contributed by atoms with Crippen molar-refractivity contribution in [2.24, 2.45) is 0 Å². The number of thioether (sulfide) groups is 1. The summed E-state index contributed by atoms with van der Waals surface area (Å²) in [5.74, 6) is 1.38. The van der Waals surface area contributed by atoms with Crippen LogP contribution in [-0.2, 0) is 0 Å². The monoisotopic (exact) mass is 140 g/mol. The van der Waals surface area contributed by atoms with Gasteiger partial charge in [-0.25, -0.2) is 0 Å². The van der Waals surface area contributed by atoms with Crippen molar-refractivity contribution in [3.05, 3.63) is 10.5 Å². The summed E-state index contributed by atoms with van der Waals surface area (Å²) in [5.41, 5.74) is 1.80. The molecule has 2 aliphatic rings. The lowest BCUT2D eigenvalue weighted by atomic mass is 9.98. The van der Waals surface area contributed by atoms with Gasteiger partial charge in [-0.15, -0.1) is 11.8 Å². The Balaban J connectivity index is 2.17. The second-order valence-corrected chi connectivity index (χ2v) is 4.02. The van der Waals surface area contributed by atoms with Gasteiger partial charge in [-0.05, 0) is 37.0 Å². The molecule has 0 spiro atoms. The van der Waals surface area contributed by atoms with Gasteiger partial charge in [-0.2, -0.15) is 0 Å². The molecule has 0 amide bonds. The van der Waals surface area contributed by atoms with Gasteiger partial charge < -0.3 is 0 Å². The van der Waals surface area contributed by atoms with E-state index < -0.39 is 0 Å². The molecule has 0 bridgehead atoms. The van der Waals surface area contributed by atoms with Crippen LogP contribution in [0.5, 0.6) is 0 Å². The second-order valence-electron chi connectivity index (χ2n) is 2.83. The zero-order valence-corrected chi connectivity index (χ0v) is 6.47. The normalized spacial score (nSPS) is 26.7. The molecule has 9 heavy (non-hydrogen) atoms. The van der Waals surface area contributed by atoms with Gasteiger partial charge in [0.1, 0.15) is 0 Å². The van der Waals surface area contributed by atoms with E-state index in [1.807, 2.05) is 0 Å². The fraction of sp³-hybridized carbons (Fsp3) is 0.750. The van der Waals surface area contributed by atoms with Crippen LogP contribution in [0.15, 0.2) is 10.5 Å². The van der Waals surface area contributed by atoms with E-state index in [0.717, 1.165) is 0 Å². The summed E-state index contributed by atoms with van der Waals surface area (Å²) in [5, 5.41) is 0. The van der Waals surface area contributed by atoms with Crippen molar-refractivity contribution < 1.29 is 0 Å². The van der Waals surface area contributed by atoms with E-state index in [9.17, 15) is 0 Å². The topological polar surface area (TPSA) is 0 Å². The van der Waals surface area contributed by atoms with Crippen LogP contribution in [0, 0.1) is 0 Å². The highest BCUT2D eigenvalue weighted by atomic mass is 32.2. The smallest absolute Gasteiger partial charge is 0.00144 e. The molecule has 0 atom stereocenters. The van der Waals surface area contributed by atoms with E-state index in [1.165, 1.54) is 37.9 Å². The standard InChI is InChI=1S/C8H12S/c1-2-4-8-7(3-1)5-6-9-8/h1-6H2. The molecule has 0 nitrogen and oxygen atoms in total. The van der Waals surface area contributed by atoms with Gasteiger partial charge >= 0.3 is 0 Å². The van der Waals surface area contributed by atoms with Crippen LogP contribution in [0.3, 0.4) is 0 Å². The summed E-state index contributed by atoms with van der Waals surface area (Å²) in [6.45, 7) is 0. The Hall–Kier alpha value is 0.0900. The average molecular weight is 140 g/mol. The molecule has 0 unspecified atom stereocenters. The maximum absolute atomic E-state index is 2.11. The highest BCUT2D eigenvalue weighted by Crippen LogP contribution is 2.40. The zero-order valence-electron chi connectivity index (χ0n) is 5.65. The predicted molar refractivity (Wildman–Crippen MR) is 42.6 cm³/mol. The molecule has 0 radical (unpaired) electrons. The van der Waals surface area contributed by atoms with Gasteiger partial charge in [-0.1, -0.05) is 5.57 Å². The molecular weight excluding hydrogens is 128 g/mol. The Bertz CT molecular complexity index is 131. The van der Waals surface area contributed by atoms with Crippen LogP contribution in [-0.4, -0.2) is 5.75 Å². The van der Waals surface area contributed by atoms with Crippen molar-refractivity contribution in [2.75, 3.05) is 5.75 Å². The molecule has 1 heterocycles. The quantitative estimate of drug-likeness (QED) is 0.498. The predicted octanol–water partition coefficient (Wildman–Crippen LogP) is 2.95. The molecule has 0 aromatic heterocycles. The van der Waals surface area contributed by atoms with Crippen LogP contribution in [0.4, 0.5) is 0 Å². The molecule has 1 aliphatic carbocycles. The minimum Gasteiger partial charge on any atom is -0.130 e. The number of hydrogen-bond donors (Lipinski definition) is 0. The summed E-state index contributed by atoms with van der Waals surface area (Å²) < 4.78 is 0. The van der Waals surface area contributed by atoms with E-state index in [-0.39, 0.29) is 0 Å². The third-order valence-electron chi connectivity index (χ3n) is 2.21. The number of rotatable bonds is 0. The molecule has 2 rings (SSSR count). The Morgan fingerprint density at radius 2 is 1.89 bits per heavy atom. The summed E-state index contributed by atoms with van der Waals surface area (Å²) >= 11 is 2.11. The summed E-state index contributed by atoms with van der Waals surface area (Å²) in [7, 11) is 0. The fourth-order valence-electron chi connectivity index (χ4n) is 1.68. The molecule has 0 N–H and O–H groups in total. The third kappa shape index (κ3) is 1.03. The van der Waals surface area contributed by atoms with E-state index in [1.54, 1.807) is 10.5 Å². The fourth-order valence-corrected chi connectivity index (χ4v) is 2.97. The van der Waals surface area contributed by atoms with Gasteiger partial charge in [-0.3, -0.25) is 0 Å². The maximum Gasteiger partial charge on any atom is 0.00144 e. The Labute approximate surface area is 60.7 Å². The van der Waals surface area contributed by atoms with Crippen LogP contribution in [0.25, 0.3) is 0 Å². The van der Waals surface area contributed by atoms with Crippen molar-refractivity contribution >= 4 is 11.8 Å². The van der Waals surface area contributed by atoms with Crippen molar-refractivity contribution in [2.45, 2.75) is 32.1 Å². The lowest BCUT2D eigenvalue weighted by Gasteiger charge is -2.11. The molecule has 0 aromatic rings. The molecule has 0 aromatic carbocycles. The van der Waals surface area contributed by atoms with E-state index in [2.05, 4.69) is 11.8 Å². The molecule has 0 saturated heterocycles. The lowest BCUT2D eigenvalue weighted by Crippen LogP contribution is -1.91. The Morgan fingerprint density at radius 1 is 1.00 bits per heavy atom.